The maximum absolute atomic E-state index is 13.5. The summed E-state index contributed by atoms with van der Waals surface area (Å²) in [6.07, 6.45) is -2.52. The van der Waals surface area contributed by atoms with Crippen LogP contribution in [0.1, 0.15) is 5.56 Å². The molecule has 3 N–H and O–H groups in total. The molecule has 0 amide bonds. The number of rotatable bonds is 6. The summed E-state index contributed by atoms with van der Waals surface area (Å²) in [5, 5.41) is 8.75. The van der Waals surface area contributed by atoms with E-state index in [1.54, 1.807) is 6.07 Å². The molecule has 17 heavy (non-hydrogen) atoms. The molecule has 0 heterocycles. The zero-order valence-electron chi connectivity index (χ0n) is 9.24. The van der Waals surface area contributed by atoms with E-state index >= 15 is 0 Å². The van der Waals surface area contributed by atoms with Crippen LogP contribution < -0.4 is 5.73 Å². The molecule has 0 aromatic heterocycles. The van der Waals surface area contributed by atoms with E-state index in [1.807, 2.05) is 0 Å². The van der Waals surface area contributed by atoms with Crippen LogP contribution in [0, 0.1) is 5.82 Å². The molecular formula is C11H15F3N2O. The molecule has 6 heteroatoms. The zero-order valence-corrected chi connectivity index (χ0v) is 9.24. The van der Waals surface area contributed by atoms with Crippen molar-refractivity contribution in [2.24, 2.45) is 0 Å². The maximum Gasteiger partial charge on any atom is 0.251 e. The molecule has 0 fully saturated rings. The molecule has 0 saturated carbocycles. The Morgan fingerprint density at radius 1 is 1.35 bits per heavy atom. The number of benzene rings is 1. The van der Waals surface area contributed by atoms with Gasteiger partial charge in [-0.05, 0) is 6.07 Å². The number of anilines is 1. The van der Waals surface area contributed by atoms with Gasteiger partial charge in [-0.3, -0.25) is 4.90 Å². The van der Waals surface area contributed by atoms with Gasteiger partial charge in [-0.15, -0.1) is 0 Å². The van der Waals surface area contributed by atoms with Gasteiger partial charge in [0, 0.05) is 18.7 Å². The Balaban J connectivity index is 2.74. The van der Waals surface area contributed by atoms with Gasteiger partial charge >= 0.3 is 0 Å². The van der Waals surface area contributed by atoms with Crippen LogP contribution in [0.5, 0.6) is 0 Å². The summed E-state index contributed by atoms with van der Waals surface area (Å²) >= 11 is 0. The van der Waals surface area contributed by atoms with E-state index in [1.165, 1.54) is 17.0 Å². The van der Waals surface area contributed by atoms with Crippen LogP contribution >= 0.6 is 0 Å². The van der Waals surface area contributed by atoms with Crippen molar-refractivity contribution in [3.05, 3.63) is 29.6 Å². The minimum absolute atomic E-state index is 0.00176. The molecule has 0 saturated heterocycles. The minimum atomic E-state index is -2.52. The number of hydrogen-bond acceptors (Lipinski definition) is 3. The van der Waals surface area contributed by atoms with Crippen LogP contribution in [0.3, 0.4) is 0 Å². The largest absolute Gasteiger partial charge is 0.396 e. The molecule has 0 aliphatic heterocycles. The number of nitrogens with two attached hydrogens (primary N) is 1. The predicted molar refractivity (Wildman–Crippen MR) is 59.2 cm³/mol. The number of hydrogen-bond donors (Lipinski definition) is 2. The van der Waals surface area contributed by atoms with Crippen LogP contribution in [0.25, 0.3) is 0 Å². The molecule has 0 aliphatic carbocycles. The van der Waals surface area contributed by atoms with E-state index in [9.17, 15) is 13.2 Å². The van der Waals surface area contributed by atoms with Crippen molar-refractivity contribution in [1.82, 2.24) is 4.90 Å². The fourth-order valence-corrected chi connectivity index (χ4v) is 1.53. The fourth-order valence-electron chi connectivity index (χ4n) is 1.53. The van der Waals surface area contributed by atoms with Gasteiger partial charge in [0.05, 0.1) is 18.8 Å². The number of nitrogen functional groups attached to an aromatic ring is 1. The monoisotopic (exact) mass is 248 g/mol. The summed E-state index contributed by atoms with van der Waals surface area (Å²) < 4.78 is 38.0. The summed E-state index contributed by atoms with van der Waals surface area (Å²) in [4.78, 5) is 1.28. The van der Waals surface area contributed by atoms with Gasteiger partial charge in [-0.2, -0.15) is 0 Å². The third-order valence-electron chi connectivity index (χ3n) is 2.31. The van der Waals surface area contributed by atoms with Crippen molar-refractivity contribution in [3.63, 3.8) is 0 Å². The first-order valence-corrected chi connectivity index (χ1v) is 5.18. The van der Waals surface area contributed by atoms with Crippen molar-refractivity contribution in [2.45, 2.75) is 13.0 Å². The third kappa shape index (κ3) is 4.24. The summed E-state index contributed by atoms with van der Waals surface area (Å²) in [7, 11) is 0. The van der Waals surface area contributed by atoms with Gasteiger partial charge < -0.3 is 10.8 Å². The average molecular weight is 248 g/mol. The number of halogens is 3. The van der Waals surface area contributed by atoms with E-state index in [2.05, 4.69) is 0 Å². The molecule has 96 valence electrons. The Morgan fingerprint density at radius 3 is 2.65 bits per heavy atom. The lowest BCUT2D eigenvalue weighted by atomic mass is 10.1. The minimum Gasteiger partial charge on any atom is -0.396 e. The second-order valence-electron chi connectivity index (χ2n) is 3.67. The summed E-state index contributed by atoms with van der Waals surface area (Å²) in [6, 6.07) is 4.46. The third-order valence-corrected chi connectivity index (χ3v) is 2.31. The van der Waals surface area contributed by atoms with Crippen LogP contribution in [0.2, 0.25) is 0 Å². The van der Waals surface area contributed by atoms with Gasteiger partial charge in [0.15, 0.2) is 5.82 Å². The quantitative estimate of drug-likeness (QED) is 0.749. The topological polar surface area (TPSA) is 49.5 Å². The smallest absolute Gasteiger partial charge is 0.251 e. The molecule has 0 radical (unpaired) electrons. The van der Waals surface area contributed by atoms with Gasteiger partial charge in [0.1, 0.15) is 0 Å². The SMILES string of the molecule is Nc1cccc(CN(CCO)CC(F)F)c1F. The lowest BCUT2D eigenvalue weighted by molar-refractivity contribution is 0.0741. The molecule has 0 bridgehead atoms. The first-order valence-electron chi connectivity index (χ1n) is 5.18. The van der Waals surface area contributed by atoms with E-state index in [4.69, 9.17) is 10.8 Å². The van der Waals surface area contributed by atoms with Gasteiger partial charge in [-0.25, -0.2) is 13.2 Å². The number of aliphatic hydroxyl groups is 1. The van der Waals surface area contributed by atoms with E-state index in [0.717, 1.165) is 0 Å². The Bertz CT molecular complexity index is 361. The number of alkyl halides is 2. The fraction of sp³-hybridized carbons (Fsp3) is 0.455. The Labute approximate surface area is 97.6 Å². The van der Waals surface area contributed by atoms with Crippen molar-refractivity contribution in [1.29, 1.82) is 0 Å². The van der Waals surface area contributed by atoms with Crippen LogP contribution in [-0.4, -0.2) is 36.1 Å². The molecule has 1 aromatic rings. The molecule has 0 unspecified atom stereocenters. The number of nitrogens with zero attached hydrogens (tertiary/aromatic N) is 1. The molecule has 3 nitrogen and oxygen atoms in total. The standard InChI is InChI=1S/C11H15F3N2O/c12-10(13)7-16(4-5-17)6-8-2-1-3-9(15)11(8)14/h1-3,10,17H,4-7,15H2. The zero-order chi connectivity index (χ0) is 12.8. The lowest BCUT2D eigenvalue weighted by Gasteiger charge is -2.21. The average Bonchev–Trinajstić information content (AvgIpc) is 2.24. The van der Waals surface area contributed by atoms with Gasteiger partial charge in [0.25, 0.3) is 6.43 Å². The highest BCUT2D eigenvalue weighted by atomic mass is 19.3. The van der Waals surface area contributed by atoms with Gasteiger partial charge in [0.2, 0.25) is 0 Å². The normalized spacial score (nSPS) is 11.4. The lowest BCUT2D eigenvalue weighted by Crippen LogP contribution is -2.31. The van der Waals surface area contributed by atoms with Crippen molar-refractivity contribution in [3.8, 4) is 0 Å². The van der Waals surface area contributed by atoms with Crippen LogP contribution in [-0.2, 0) is 6.54 Å². The highest BCUT2D eigenvalue weighted by Crippen LogP contribution is 2.16. The summed E-state index contributed by atoms with van der Waals surface area (Å²) in [5.41, 5.74) is 5.62. The molecular weight excluding hydrogens is 233 g/mol. The summed E-state index contributed by atoms with van der Waals surface area (Å²) in [5.74, 6) is -0.593. The Morgan fingerprint density at radius 2 is 2.06 bits per heavy atom. The van der Waals surface area contributed by atoms with Crippen molar-refractivity contribution < 1.29 is 18.3 Å². The highest BCUT2D eigenvalue weighted by molar-refractivity contribution is 5.42. The van der Waals surface area contributed by atoms with E-state index in [-0.39, 0.29) is 30.9 Å². The maximum atomic E-state index is 13.5. The number of aliphatic hydroxyl groups excluding tert-OH is 1. The summed E-state index contributed by atoms with van der Waals surface area (Å²) in [6.45, 7) is -0.689. The second-order valence-corrected chi connectivity index (χ2v) is 3.67. The first kappa shape index (κ1) is 13.8. The van der Waals surface area contributed by atoms with E-state index in [0.29, 0.717) is 0 Å². The first-order chi connectivity index (χ1) is 8.04. The molecule has 1 rings (SSSR count). The van der Waals surface area contributed by atoms with Crippen molar-refractivity contribution in [2.75, 3.05) is 25.4 Å². The molecule has 0 atom stereocenters. The Kier molecular flexibility index (Phi) is 5.24. The van der Waals surface area contributed by atoms with Crippen LogP contribution in [0.15, 0.2) is 18.2 Å². The van der Waals surface area contributed by atoms with Crippen molar-refractivity contribution >= 4 is 5.69 Å². The highest BCUT2D eigenvalue weighted by Gasteiger charge is 2.14. The molecule has 1 aromatic carbocycles. The van der Waals surface area contributed by atoms with Crippen LogP contribution in [0.4, 0.5) is 18.9 Å². The molecule has 0 aliphatic rings. The predicted octanol–water partition coefficient (Wildman–Crippen LogP) is 1.47. The second kappa shape index (κ2) is 6.46. The van der Waals surface area contributed by atoms with E-state index < -0.39 is 18.8 Å². The molecule has 0 spiro atoms. The van der Waals surface area contributed by atoms with Gasteiger partial charge in [-0.1, -0.05) is 12.1 Å². The Hall–Kier alpha value is -1.27.